The Morgan fingerprint density at radius 2 is 2.10 bits per heavy atom. The van der Waals surface area contributed by atoms with Gasteiger partial charge in [-0.25, -0.2) is 0 Å². The smallest absolute Gasteiger partial charge is 0.246 e. The van der Waals surface area contributed by atoms with E-state index in [1.165, 1.54) is 0 Å². The van der Waals surface area contributed by atoms with Crippen molar-refractivity contribution in [1.29, 1.82) is 0 Å². The zero-order valence-electron chi connectivity index (χ0n) is 12.4. The first-order chi connectivity index (χ1) is 9.36. The van der Waals surface area contributed by atoms with Crippen LogP contribution in [0.25, 0.3) is 0 Å². The first-order valence-corrected chi connectivity index (χ1v) is 6.84. The zero-order valence-corrected chi connectivity index (χ0v) is 12.4. The van der Waals surface area contributed by atoms with Gasteiger partial charge in [-0.3, -0.25) is 14.3 Å². The summed E-state index contributed by atoms with van der Waals surface area (Å²) in [4.78, 5) is 26.3. The summed E-state index contributed by atoms with van der Waals surface area (Å²) in [6.45, 7) is 5.79. The zero-order chi connectivity index (χ0) is 14.9. The number of aromatic nitrogens is 3. The Labute approximate surface area is 118 Å². The van der Waals surface area contributed by atoms with Gasteiger partial charge in [-0.15, -0.1) is 5.10 Å². The topological polar surface area (TPSA) is 80.1 Å². The summed E-state index contributed by atoms with van der Waals surface area (Å²) in [5.41, 5.74) is -0.197. The fourth-order valence-corrected chi connectivity index (χ4v) is 2.37. The van der Waals surface area contributed by atoms with Crippen LogP contribution in [-0.2, 0) is 23.2 Å². The third-order valence-corrected chi connectivity index (χ3v) is 3.65. The molecule has 0 aromatic carbocycles. The highest BCUT2D eigenvalue weighted by Crippen LogP contribution is 2.24. The Morgan fingerprint density at radius 1 is 1.40 bits per heavy atom. The number of rotatable bonds is 4. The number of aryl methyl sites for hydroxylation is 1. The van der Waals surface area contributed by atoms with E-state index in [-0.39, 0.29) is 11.8 Å². The monoisotopic (exact) mass is 279 g/mol. The molecule has 1 aromatic rings. The maximum atomic E-state index is 12.5. The molecule has 1 atom stereocenters. The van der Waals surface area contributed by atoms with E-state index in [0.717, 1.165) is 6.42 Å². The molecule has 2 rings (SSSR count). The number of nitrogens with zero attached hydrogens (tertiary/aromatic N) is 4. The van der Waals surface area contributed by atoms with Crippen LogP contribution in [0.4, 0.5) is 0 Å². The second-order valence-electron chi connectivity index (χ2n) is 5.68. The van der Waals surface area contributed by atoms with Crippen LogP contribution >= 0.6 is 0 Å². The predicted molar refractivity (Wildman–Crippen MR) is 72.5 cm³/mol. The van der Waals surface area contributed by atoms with Crippen molar-refractivity contribution >= 4 is 11.8 Å². The largest absolute Gasteiger partial charge is 0.342 e. The molecule has 2 heterocycles. The van der Waals surface area contributed by atoms with Gasteiger partial charge in [-0.2, -0.15) is 0 Å². The van der Waals surface area contributed by atoms with Gasteiger partial charge in [0.1, 0.15) is 17.3 Å². The number of carbonyl (C=O) groups excluding carboxylic acids is 2. The van der Waals surface area contributed by atoms with E-state index in [2.05, 4.69) is 15.6 Å². The molecule has 1 aliphatic rings. The number of piperazine rings is 1. The van der Waals surface area contributed by atoms with Crippen molar-refractivity contribution in [2.45, 2.75) is 51.7 Å². The maximum Gasteiger partial charge on any atom is 0.246 e. The molecule has 0 saturated carbocycles. The summed E-state index contributed by atoms with van der Waals surface area (Å²) in [5.74, 6) is -0.179. The van der Waals surface area contributed by atoms with E-state index in [0.29, 0.717) is 18.7 Å². The second kappa shape index (κ2) is 5.22. The molecule has 0 spiro atoms. The Hall–Kier alpha value is -1.92. The lowest BCUT2D eigenvalue weighted by Crippen LogP contribution is -2.67. The normalized spacial score (nSPS) is 22.0. The molecular formula is C13H21N5O2. The Bertz CT molecular complexity index is 523. The van der Waals surface area contributed by atoms with Crippen LogP contribution in [0.5, 0.6) is 0 Å². The lowest BCUT2D eigenvalue weighted by Gasteiger charge is -2.44. The van der Waals surface area contributed by atoms with Crippen LogP contribution in [0.1, 0.15) is 39.3 Å². The van der Waals surface area contributed by atoms with Gasteiger partial charge in [0.15, 0.2) is 0 Å². The standard InChI is InChI=1S/C13H21N5O2/c1-5-6-10-11(19)18(13(2,3)12(20)14-10)8-9-7-17(4)16-15-9/h7,10H,5-6,8H2,1-4H3,(H,14,20). The summed E-state index contributed by atoms with van der Waals surface area (Å²) in [6.07, 6.45) is 3.25. The molecule has 1 aliphatic heterocycles. The van der Waals surface area contributed by atoms with Crippen LogP contribution in [0.2, 0.25) is 0 Å². The van der Waals surface area contributed by atoms with Gasteiger partial charge in [0.05, 0.1) is 6.54 Å². The number of nitrogens with one attached hydrogen (secondary N) is 1. The third kappa shape index (κ3) is 2.52. The van der Waals surface area contributed by atoms with E-state index in [9.17, 15) is 9.59 Å². The van der Waals surface area contributed by atoms with Crippen LogP contribution in [0.15, 0.2) is 6.20 Å². The van der Waals surface area contributed by atoms with Crippen LogP contribution in [-0.4, -0.2) is 43.3 Å². The molecule has 20 heavy (non-hydrogen) atoms. The van der Waals surface area contributed by atoms with Crippen molar-refractivity contribution in [3.63, 3.8) is 0 Å². The van der Waals surface area contributed by atoms with E-state index in [1.807, 2.05) is 6.92 Å². The molecule has 110 valence electrons. The summed E-state index contributed by atoms with van der Waals surface area (Å²) >= 11 is 0. The molecule has 1 unspecified atom stereocenters. The number of hydrogen-bond donors (Lipinski definition) is 1. The number of amides is 2. The molecule has 2 amide bonds. The quantitative estimate of drug-likeness (QED) is 0.855. The van der Waals surface area contributed by atoms with Gasteiger partial charge in [0, 0.05) is 13.2 Å². The molecule has 7 heteroatoms. The van der Waals surface area contributed by atoms with Gasteiger partial charge in [-0.05, 0) is 20.3 Å². The molecule has 7 nitrogen and oxygen atoms in total. The number of carbonyl (C=O) groups is 2. The van der Waals surface area contributed by atoms with Crippen LogP contribution in [0, 0.1) is 0 Å². The fourth-order valence-electron chi connectivity index (χ4n) is 2.37. The molecule has 1 fully saturated rings. The summed E-state index contributed by atoms with van der Waals surface area (Å²) in [7, 11) is 1.77. The molecule has 0 bridgehead atoms. The van der Waals surface area contributed by atoms with Gasteiger partial charge in [0.2, 0.25) is 11.8 Å². The van der Waals surface area contributed by atoms with Gasteiger partial charge in [-0.1, -0.05) is 18.6 Å². The minimum Gasteiger partial charge on any atom is -0.342 e. The van der Waals surface area contributed by atoms with Crippen LogP contribution in [0.3, 0.4) is 0 Å². The second-order valence-corrected chi connectivity index (χ2v) is 5.68. The van der Waals surface area contributed by atoms with E-state index in [1.54, 1.807) is 36.7 Å². The van der Waals surface area contributed by atoms with E-state index < -0.39 is 11.6 Å². The highest BCUT2D eigenvalue weighted by atomic mass is 16.2. The lowest BCUT2D eigenvalue weighted by molar-refractivity contribution is -0.156. The molecule has 1 aromatic heterocycles. The minimum absolute atomic E-state index is 0.0536. The van der Waals surface area contributed by atoms with Gasteiger partial charge < -0.3 is 10.2 Å². The fraction of sp³-hybridized carbons (Fsp3) is 0.692. The Kier molecular flexibility index (Phi) is 3.78. The first kappa shape index (κ1) is 14.5. The Morgan fingerprint density at radius 3 is 2.65 bits per heavy atom. The molecule has 0 aliphatic carbocycles. The van der Waals surface area contributed by atoms with Crippen LogP contribution < -0.4 is 5.32 Å². The van der Waals surface area contributed by atoms with Gasteiger partial charge >= 0.3 is 0 Å². The van der Waals surface area contributed by atoms with Crippen molar-refractivity contribution in [1.82, 2.24) is 25.2 Å². The average Bonchev–Trinajstić information content (AvgIpc) is 2.78. The first-order valence-electron chi connectivity index (χ1n) is 6.84. The van der Waals surface area contributed by atoms with Gasteiger partial charge in [0.25, 0.3) is 0 Å². The molecule has 1 N–H and O–H groups in total. The Balaban J connectivity index is 2.25. The van der Waals surface area contributed by atoms with Crippen molar-refractivity contribution in [3.8, 4) is 0 Å². The third-order valence-electron chi connectivity index (χ3n) is 3.65. The molecular weight excluding hydrogens is 258 g/mol. The molecule has 0 radical (unpaired) electrons. The average molecular weight is 279 g/mol. The van der Waals surface area contributed by atoms with Crippen molar-refractivity contribution in [3.05, 3.63) is 11.9 Å². The SMILES string of the molecule is CCCC1NC(=O)C(C)(C)N(Cc2cn(C)nn2)C1=O. The summed E-state index contributed by atoms with van der Waals surface area (Å²) in [5, 5.41) is 10.7. The summed E-state index contributed by atoms with van der Waals surface area (Å²) in [6, 6.07) is -0.433. The van der Waals surface area contributed by atoms with Crippen molar-refractivity contribution in [2.75, 3.05) is 0 Å². The highest BCUT2D eigenvalue weighted by Gasteiger charge is 2.46. The van der Waals surface area contributed by atoms with Crippen molar-refractivity contribution < 1.29 is 9.59 Å². The minimum atomic E-state index is -0.876. The molecule has 1 saturated heterocycles. The summed E-state index contributed by atoms with van der Waals surface area (Å²) < 4.78 is 1.58. The highest BCUT2D eigenvalue weighted by molar-refractivity contribution is 5.99. The lowest BCUT2D eigenvalue weighted by atomic mass is 9.94. The van der Waals surface area contributed by atoms with Crippen molar-refractivity contribution in [2.24, 2.45) is 7.05 Å². The maximum absolute atomic E-state index is 12.5. The number of hydrogen-bond acceptors (Lipinski definition) is 4. The van der Waals surface area contributed by atoms with E-state index >= 15 is 0 Å². The predicted octanol–water partition coefficient (Wildman–Crippen LogP) is 0.221. The van der Waals surface area contributed by atoms with E-state index in [4.69, 9.17) is 0 Å².